The van der Waals surface area contributed by atoms with E-state index in [4.69, 9.17) is 5.84 Å². The van der Waals surface area contributed by atoms with Gasteiger partial charge in [-0.15, -0.1) is 0 Å². The molecule has 1 aliphatic rings. The van der Waals surface area contributed by atoms with E-state index in [1.165, 1.54) is 18.5 Å². The van der Waals surface area contributed by atoms with Gasteiger partial charge in [-0.3, -0.25) is 30.5 Å². The number of carbonyl (C=O) groups excluding carboxylic acids is 3. The Hall–Kier alpha value is -2.48. The minimum atomic E-state index is -0.504. The number of hydrazine groups is 1. The van der Waals surface area contributed by atoms with Gasteiger partial charge in [-0.2, -0.15) is 0 Å². The second-order valence-corrected chi connectivity index (χ2v) is 3.70. The maximum Gasteiger partial charge on any atom is 0.257 e. The van der Waals surface area contributed by atoms with Gasteiger partial charge in [0.05, 0.1) is 17.4 Å². The molecule has 0 radical (unpaired) electrons. The lowest BCUT2D eigenvalue weighted by molar-refractivity contribution is -0.135. The molecule has 8 nitrogen and oxygen atoms in total. The lowest BCUT2D eigenvalue weighted by atomic mass is 10.2. The van der Waals surface area contributed by atoms with Crippen LogP contribution in [0, 0.1) is 0 Å². The van der Waals surface area contributed by atoms with Gasteiger partial charge in [-0.1, -0.05) is 0 Å². The van der Waals surface area contributed by atoms with Crippen LogP contribution >= 0.6 is 0 Å². The topological polar surface area (TPSA) is 117 Å². The molecule has 0 spiro atoms. The third kappa shape index (κ3) is 2.28. The summed E-state index contributed by atoms with van der Waals surface area (Å²) in [5, 5.41) is 2.12. The number of hydrogen-bond donors (Lipinski definition) is 3. The maximum absolute atomic E-state index is 12.1. The zero-order chi connectivity index (χ0) is 13.1. The summed E-state index contributed by atoms with van der Waals surface area (Å²) in [6.07, 6.45) is 2.82. The second-order valence-electron chi connectivity index (χ2n) is 3.70. The van der Waals surface area contributed by atoms with Gasteiger partial charge in [-0.25, -0.2) is 0 Å². The van der Waals surface area contributed by atoms with Gasteiger partial charge < -0.3 is 10.3 Å². The Labute approximate surface area is 102 Å². The highest BCUT2D eigenvalue weighted by molar-refractivity contribution is 6.07. The molecule has 1 fully saturated rings. The average molecular weight is 249 g/mol. The number of amides is 3. The number of aromatic nitrogens is 1. The highest BCUT2D eigenvalue weighted by Crippen LogP contribution is 2.15. The number of nitrogens with two attached hydrogens (primary N) is 1. The van der Waals surface area contributed by atoms with Crippen molar-refractivity contribution in [2.75, 3.05) is 18.5 Å². The van der Waals surface area contributed by atoms with Gasteiger partial charge in [0.15, 0.2) is 0 Å². The molecule has 0 bridgehead atoms. The molecule has 94 valence electrons. The molecule has 2 rings (SSSR count). The molecule has 0 saturated carbocycles. The van der Waals surface area contributed by atoms with E-state index in [0.29, 0.717) is 5.69 Å². The third-order valence-corrected chi connectivity index (χ3v) is 2.44. The van der Waals surface area contributed by atoms with Crippen LogP contribution in [-0.4, -0.2) is 40.7 Å². The molecular weight excluding hydrogens is 238 g/mol. The molecule has 1 saturated heterocycles. The van der Waals surface area contributed by atoms with E-state index in [1.807, 2.05) is 0 Å². The summed E-state index contributed by atoms with van der Waals surface area (Å²) in [5.41, 5.74) is 2.94. The molecule has 4 N–H and O–H groups in total. The zero-order valence-electron chi connectivity index (χ0n) is 9.34. The Bertz CT molecular complexity index is 500. The molecule has 0 atom stereocenters. The van der Waals surface area contributed by atoms with Gasteiger partial charge in [-0.05, 0) is 6.07 Å². The van der Waals surface area contributed by atoms with E-state index in [1.54, 1.807) is 0 Å². The summed E-state index contributed by atoms with van der Waals surface area (Å²) in [7, 11) is 0. The van der Waals surface area contributed by atoms with Crippen molar-refractivity contribution in [1.82, 2.24) is 15.2 Å². The van der Waals surface area contributed by atoms with Crippen LogP contribution in [0.25, 0.3) is 0 Å². The lowest BCUT2D eigenvalue weighted by Crippen LogP contribution is -2.53. The molecule has 1 aromatic rings. The fraction of sp³-hybridized carbons (Fsp3) is 0.200. The van der Waals surface area contributed by atoms with E-state index in [0.717, 1.165) is 4.90 Å². The first-order chi connectivity index (χ1) is 8.61. The van der Waals surface area contributed by atoms with E-state index in [2.05, 4.69) is 15.7 Å². The van der Waals surface area contributed by atoms with E-state index < -0.39 is 17.7 Å². The molecule has 3 amide bonds. The molecular formula is C10H11N5O3. The molecule has 0 aromatic carbocycles. The van der Waals surface area contributed by atoms with Crippen molar-refractivity contribution in [2.45, 2.75) is 0 Å². The summed E-state index contributed by atoms with van der Waals surface area (Å²) in [5.74, 6) is 3.81. The minimum Gasteiger partial charge on any atom is -0.322 e. The Morgan fingerprint density at radius 3 is 2.67 bits per heavy atom. The molecule has 1 aliphatic heterocycles. The van der Waals surface area contributed by atoms with Gasteiger partial charge in [0, 0.05) is 6.20 Å². The van der Waals surface area contributed by atoms with Gasteiger partial charge in [0.2, 0.25) is 11.8 Å². The number of nitrogens with one attached hydrogen (secondary N) is 2. The summed E-state index contributed by atoms with van der Waals surface area (Å²) < 4.78 is 0. The minimum absolute atomic E-state index is 0.156. The Balaban J connectivity index is 2.25. The lowest BCUT2D eigenvalue weighted by Gasteiger charge is -2.26. The van der Waals surface area contributed by atoms with Crippen molar-refractivity contribution in [2.24, 2.45) is 5.84 Å². The van der Waals surface area contributed by atoms with Crippen LogP contribution in [0.4, 0.5) is 5.69 Å². The van der Waals surface area contributed by atoms with Crippen molar-refractivity contribution < 1.29 is 14.4 Å². The predicted molar refractivity (Wildman–Crippen MR) is 61.1 cm³/mol. The van der Waals surface area contributed by atoms with Crippen molar-refractivity contribution in [1.29, 1.82) is 0 Å². The number of nitrogens with zero attached hydrogens (tertiary/aromatic N) is 2. The van der Waals surface area contributed by atoms with Crippen molar-refractivity contribution in [3.8, 4) is 0 Å². The van der Waals surface area contributed by atoms with Gasteiger partial charge >= 0.3 is 0 Å². The monoisotopic (exact) mass is 249 g/mol. The third-order valence-electron chi connectivity index (χ3n) is 2.44. The summed E-state index contributed by atoms with van der Waals surface area (Å²) in [6.45, 7) is -0.312. The van der Waals surface area contributed by atoms with Crippen LogP contribution in [0.2, 0.25) is 0 Å². The van der Waals surface area contributed by atoms with Crippen LogP contribution in [0.5, 0.6) is 0 Å². The number of hydrogen-bond acceptors (Lipinski definition) is 6. The molecule has 1 aromatic heterocycles. The number of imide groups is 1. The van der Waals surface area contributed by atoms with E-state index in [9.17, 15) is 14.4 Å². The first kappa shape index (κ1) is 12.0. The van der Waals surface area contributed by atoms with E-state index >= 15 is 0 Å². The second kappa shape index (κ2) is 4.80. The normalized spacial score (nSPS) is 15.3. The average Bonchev–Trinajstić information content (AvgIpc) is 2.36. The maximum atomic E-state index is 12.1. The highest BCUT2D eigenvalue weighted by Gasteiger charge is 2.28. The summed E-state index contributed by atoms with van der Waals surface area (Å²) >= 11 is 0. The highest BCUT2D eigenvalue weighted by atomic mass is 16.2. The van der Waals surface area contributed by atoms with Crippen molar-refractivity contribution in [3.63, 3.8) is 0 Å². The Morgan fingerprint density at radius 2 is 2.06 bits per heavy atom. The first-order valence-corrected chi connectivity index (χ1v) is 5.14. The van der Waals surface area contributed by atoms with Gasteiger partial charge in [0.25, 0.3) is 5.91 Å². The largest absolute Gasteiger partial charge is 0.322 e. The SMILES string of the molecule is NNc1cnccc1C(=O)N1CC(=O)NC(=O)C1. The zero-order valence-corrected chi connectivity index (χ0v) is 9.34. The number of anilines is 1. The number of pyridine rings is 1. The molecule has 0 unspecified atom stereocenters. The van der Waals surface area contributed by atoms with Gasteiger partial charge in [0.1, 0.15) is 13.1 Å². The van der Waals surface area contributed by atoms with Crippen LogP contribution in [0.1, 0.15) is 10.4 Å². The van der Waals surface area contributed by atoms with E-state index in [-0.39, 0.29) is 18.7 Å². The smallest absolute Gasteiger partial charge is 0.257 e. The quantitative estimate of drug-likeness (QED) is 0.332. The van der Waals surface area contributed by atoms with Crippen LogP contribution in [-0.2, 0) is 9.59 Å². The number of piperazine rings is 1. The summed E-state index contributed by atoms with van der Waals surface area (Å²) in [4.78, 5) is 39.5. The Morgan fingerprint density at radius 1 is 1.39 bits per heavy atom. The molecule has 2 heterocycles. The number of nitrogen functional groups attached to an aromatic ring is 1. The van der Waals surface area contributed by atoms with Crippen LogP contribution < -0.4 is 16.6 Å². The standard InChI is InChI=1S/C10H11N5O3/c11-14-7-3-12-2-1-6(7)10(18)15-4-8(16)13-9(17)5-15/h1-3,14H,4-5,11H2,(H,13,16,17). The fourth-order valence-corrected chi connectivity index (χ4v) is 1.65. The summed E-state index contributed by atoms with van der Waals surface area (Å²) in [6, 6.07) is 1.47. The Kier molecular flexibility index (Phi) is 3.20. The van der Waals surface area contributed by atoms with Crippen molar-refractivity contribution in [3.05, 3.63) is 24.0 Å². The molecule has 8 heteroatoms. The first-order valence-electron chi connectivity index (χ1n) is 5.14. The van der Waals surface area contributed by atoms with Crippen molar-refractivity contribution >= 4 is 23.4 Å². The number of rotatable bonds is 2. The fourth-order valence-electron chi connectivity index (χ4n) is 1.65. The molecule has 18 heavy (non-hydrogen) atoms. The molecule has 0 aliphatic carbocycles. The van der Waals surface area contributed by atoms with Crippen LogP contribution in [0.15, 0.2) is 18.5 Å². The van der Waals surface area contributed by atoms with Crippen LogP contribution in [0.3, 0.4) is 0 Å². The predicted octanol–water partition coefficient (Wildman–Crippen LogP) is -1.53. The number of carbonyl (C=O) groups is 3.